The molecule has 2 N–H and O–H groups in total. The highest BCUT2D eigenvalue weighted by molar-refractivity contribution is 7.13. The first-order chi connectivity index (χ1) is 15.5. The van der Waals surface area contributed by atoms with Crippen molar-refractivity contribution in [2.75, 3.05) is 6.54 Å². The van der Waals surface area contributed by atoms with E-state index >= 15 is 0 Å². The fourth-order valence-electron chi connectivity index (χ4n) is 3.29. The van der Waals surface area contributed by atoms with E-state index in [2.05, 4.69) is 15.3 Å². The number of nitrogens with zero attached hydrogens (tertiary/aromatic N) is 5. The standard InChI is InChI=1S/C21H20N6O4S/c1-2-9-26(11-16-23-24-20(31-16)15-8-5-10-32-15)17(28)12-27-21(30)14-7-4-3-6-13(14)18(25-27)19(22)29/h3-8,10H,2,9,11-12H2,1H3,(H2,22,29). The molecule has 1 aromatic carbocycles. The molecule has 0 bridgehead atoms. The molecule has 2 amide bonds. The van der Waals surface area contributed by atoms with Gasteiger partial charge in [-0.2, -0.15) is 5.10 Å². The van der Waals surface area contributed by atoms with Crippen LogP contribution in [-0.2, 0) is 17.9 Å². The maximum atomic E-state index is 13.0. The van der Waals surface area contributed by atoms with Crippen molar-refractivity contribution in [3.8, 4) is 10.8 Å². The van der Waals surface area contributed by atoms with Crippen LogP contribution in [0.5, 0.6) is 0 Å². The SMILES string of the molecule is CCCN(Cc1nnc(-c2cccs2)o1)C(=O)Cn1nc(C(N)=O)c2ccccc2c1=O. The molecular formula is C21H20N6O4S. The first-order valence-electron chi connectivity index (χ1n) is 9.91. The van der Waals surface area contributed by atoms with Crippen molar-refractivity contribution in [2.24, 2.45) is 5.73 Å². The molecule has 0 aliphatic rings. The minimum atomic E-state index is -0.778. The third-order valence-corrected chi connectivity index (χ3v) is 5.62. The Kier molecular flexibility index (Phi) is 6.08. The molecule has 3 heterocycles. The molecule has 4 aromatic rings. The van der Waals surface area contributed by atoms with Crippen molar-refractivity contribution in [1.29, 1.82) is 0 Å². The second-order valence-corrected chi connectivity index (χ2v) is 7.96. The van der Waals surface area contributed by atoms with Gasteiger partial charge in [0.2, 0.25) is 11.8 Å². The van der Waals surface area contributed by atoms with Gasteiger partial charge in [-0.15, -0.1) is 21.5 Å². The summed E-state index contributed by atoms with van der Waals surface area (Å²) in [7, 11) is 0. The Morgan fingerprint density at radius 3 is 2.62 bits per heavy atom. The Bertz CT molecular complexity index is 1330. The number of carbonyl (C=O) groups is 2. The normalized spacial score (nSPS) is 11.0. The van der Waals surface area contributed by atoms with Crippen LogP contribution in [0.2, 0.25) is 0 Å². The van der Waals surface area contributed by atoms with Crippen molar-refractivity contribution < 1.29 is 14.0 Å². The van der Waals surface area contributed by atoms with Crippen molar-refractivity contribution in [2.45, 2.75) is 26.4 Å². The van der Waals surface area contributed by atoms with Crippen LogP contribution in [-0.4, -0.2) is 43.2 Å². The van der Waals surface area contributed by atoms with Gasteiger partial charge in [0.25, 0.3) is 17.4 Å². The summed E-state index contributed by atoms with van der Waals surface area (Å²) in [6.45, 7) is 2.09. The number of amides is 2. The lowest BCUT2D eigenvalue weighted by atomic mass is 10.1. The maximum Gasteiger partial charge on any atom is 0.275 e. The number of nitrogens with two attached hydrogens (primary N) is 1. The minimum Gasteiger partial charge on any atom is -0.418 e. The smallest absolute Gasteiger partial charge is 0.275 e. The lowest BCUT2D eigenvalue weighted by molar-refractivity contribution is -0.133. The zero-order chi connectivity index (χ0) is 22.7. The van der Waals surface area contributed by atoms with E-state index in [1.807, 2.05) is 24.4 Å². The van der Waals surface area contributed by atoms with Gasteiger partial charge in [0.05, 0.1) is 16.8 Å². The topological polar surface area (TPSA) is 137 Å². The van der Waals surface area contributed by atoms with Crippen molar-refractivity contribution in [1.82, 2.24) is 24.9 Å². The van der Waals surface area contributed by atoms with E-state index in [4.69, 9.17) is 10.2 Å². The monoisotopic (exact) mass is 452 g/mol. The number of thiophene rings is 1. The van der Waals surface area contributed by atoms with E-state index in [0.29, 0.717) is 24.2 Å². The Labute approximate surface area is 186 Å². The number of fused-ring (bicyclic) bond motifs is 1. The van der Waals surface area contributed by atoms with Crippen LogP contribution in [0.25, 0.3) is 21.5 Å². The third kappa shape index (κ3) is 4.28. The number of benzene rings is 1. The molecule has 0 atom stereocenters. The fraction of sp³-hybridized carbons (Fsp3) is 0.238. The molecule has 0 aliphatic carbocycles. The van der Waals surface area contributed by atoms with Gasteiger partial charge in [0, 0.05) is 11.9 Å². The predicted octanol–water partition coefficient (Wildman–Crippen LogP) is 2.05. The van der Waals surface area contributed by atoms with Gasteiger partial charge in [0.15, 0.2) is 5.69 Å². The minimum absolute atomic E-state index is 0.0625. The Balaban J connectivity index is 1.60. The van der Waals surface area contributed by atoms with Crippen LogP contribution in [0, 0.1) is 0 Å². The third-order valence-electron chi connectivity index (χ3n) is 4.76. The Morgan fingerprint density at radius 2 is 1.94 bits per heavy atom. The quantitative estimate of drug-likeness (QED) is 0.432. The second kappa shape index (κ2) is 9.10. The first kappa shape index (κ1) is 21.4. The Hall–Kier alpha value is -3.86. The van der Waals surface area contributed by atoms with Gasteiger partial charge in [-0.25, -0.2) is 4.68 Å². The zero-order valence-electron chi connectivity index (χ0n) is 17.2. The molecule has 0 saturated carbocycles. The maximum absolute atomic E-state index is 13.0. The molecular weight excluding hydrogens is 432 g/mol. The van der Waals surface area contributed by atoms with Gasteiger partial charge in [-0.3, -0.25) is 14.4 Å². The molecule has 164 valence electrons. The fourth-order valence-corrected chi connectivity index (χ4v) is 3.94. The summed E-state index contributed by atoms with van der Waals surface area (Å²) in [4.78, 5) is 40.1. The van der Waals surface area contributed by atoms with Gasteiger partial charge in [0.1, 0.15) is 6.54 Å². The molecule has 0 radical (unpaired) electrons. The van der Waals surface area contributed by atoms with Crippen LogP contribution in [0.3, 0.4) is 0 Å². The highest BCUT2D eigenvalue weighted by Crippen LogP contribution is 2.23. The molecule has 10 nitrogen and oxygen atoms in total. The average molecular weight is 452 g/mol. The van der Waals surface area contributed by atoms with Crippen LogP contribution < -0.4 is 11.3 Å². The Morgan fingerprint density at radius 1 is 1.16 bits per heavy atom. The predicted molar refractivity (Wildman–Crippen MR) is 118 cm³/mol. The van der Waals surface area contributed by atoms with E-state index in [1.165, 1.54) is 16.2 Å². The molecule has 0 aliphatic heterocycles. The summed E-state index contributed by atoms with van der Waals surface area (Å²) in [6, 6.07) is 10.3. The van der Waals surface area contributed by atoms with Gasteiger partial charge in [-0.05, 0) is 23.9 Å². The van der Waals surface area contributed by atoms with Crippen LogP contribution >= 0.6 is 11.3 Å². The number of carbonyl (C=O) groups excluding carboxylic acids is 2. The summed E-state index contributed by atoms with van der Waals surface area (Å²) < 4.78 is 6.66. The van der Waals surface area contributed by atoms with Crippen molar-refractivity contribution in [3.05, 3.63) is 63.7 Å². The van der Waals surface area contributed by atoms with E-state index in [-0.39, 0.29) is 36.0 Å². The zero-order valence-corrected chi connectivity index (χ0v) is 18.0. The van der Waals surface area contributed by atoms with E-state index < -0.39 is 11.5 Å². The summed E-state index contributed by atoms with van der Waals surface area (Å²) in [6.07, 6.45) is 0.685. The molecule has 4 rings (SSSR count). The van der Waals surface area contributed by atoms with Crippen LogP contribution in [0.15, 0.2) is 51.0 Å². The number of hydrogen-bond donors (Lipinski definition) is 1. The molecule has 0 spiro atoms. The largest absolute Gasteiger partial charge is 0.418 e. The average Bonchev–Trinajstić information content (AvgIpc) is 3.47. The molecule has 3 aromatic heterocycles. The van der Waals surface area contributed by atoms with Gasteiger partial charge < -0.3 is 15.1 Å². The van der Waals surface area contributed by atoms with Crippen LogP contribution in [0.1, 0.15) is 29.7 Å². The number of hydrogen-bond acceptors (Lipinski definition) is 8. The molecule has 0 unspecified atom stereocenters. The first-order valence-corrected chi connectivity index (χ1v) is 10.8. The molecule has 11 heteroatoms. The van der Waals surface area contributed by atoms with Crippen LogP contribution in [0.4, 0.5) is 0 Å². The summed E-state index contributed by atoms with van der Waals surface area (Å²) in [5.41, 5.74) is 4.90. The number of primary amides is 1. The van der Waals surface area contributed by atoms with Gasteiger partial charge >= 0.3 is 0 Å². The number of rotatable bonds is 8. The molecule has 0 saturated heterocycles. The summed E-state index contributed by atoms with van der Waals surface area (Å²) in [5, 5.41) is 14.6. The second-order valence-electron chi connectivity index (χ2n) is 7.01. The lowest BCUT2D eigenvalue weighted by Crippen LogP contribution is -2.38. The van der Waals surface area contributed by atoms with E-state index in [9.17, 15) is 14.4 Å². The lowest BCUT2D eigenvalue weighted by Gasteiger charge is -2.20. The molecule has 0 fully saturated rings. The highest BCUT2D eigenvalue weighted by atomic mass is 32.1. The van der Waals surface area contributed by atoms with Gasteiger partial charge in [-0.1, -0.05) is 31.2 Å². The van der Waals surface area contributed by atoms with E-state index in [1.54, 1.807) is 24.3 Å². The number of aromatic nitrogens is 4. The van der Waals surface area contributed by atoms with E-state index in [0.717, 1.165) is 9.56 Å². The van der Waals surface area contributed by atoms with Crippen molar-refractivity contribution >= 4 is 33.9 Å². The summed E-state index contributed by atoms with van der Waals surface area (Å²) >= 11 is 1.47. The summed E-state index contributed by atoms with van der Waals surface area (Å²) in [5.74, 6) is -0.480. The highest BCUT2D eigenvalue weighted by Gasteiger charge is 2.21. The molecule has 32 heavy (non-hydrogen) atoms. The van der Waals surface area contributed by atoms with Crippen molar-refractivity contribution in [3.63, 3.8) is 0 Å².